The molecule has 0 unspecified atom stereocenters. The zero-order valence-electron chi connectivity index (χ0n) is 8.84. The van der Waals surface area contributed by atoms with Crippen LogP contribution in [0.5, 0.6) is 0 Å². The molecule has 0 spiro atoms. The van der Waals surface area contributed by atoms with Gasteiger partial charge in [-0.1, -0.05) is 46.5 Å². The Labute approximate surface area is 77.2 Å². The smallest absolute Gasteiger partial charge is 0.0540 e. The van der Waals surface area contributed by atoms with Gasteiger partial charge >= 0.3 is 0 Å². The molecule has 1 atom stereocenters. The monoisotopic (exact) mass is 172 g/mol. The number of unbranched alkanes of at least 4 members (excludes halogenated alkanes) is 1. The van der Waals surface area contributed by atoms with E-state index in [2.05, 4.69) is 20.8 Å². The van der Waals surface area contributed by atoms with Gasteiger partial charge in [0.2, 0.25) is 0 Å². The van der Waals surface area contributed by atoms with E-state index in [1.54, 1.807) is 0 Å². The van der Waals surface area contributed by atoms with Gasteiger partial charge in [-0.2, -0.15) is 0 Å². The van der Waals surface area contributed by atoms with Crippen LogP contribution in [0.1, 0.15) is 59.3 Å². The van der Waals surface area contributed by atoms with Gasteiger partial charge in [0, 0.05) is 0 Å². The molecule has 12 heavy (non-hydrogen) atoms. The molecule has 0 fully saturated rings. The van der Waals surface area contributed by atoms with Crippen molar-refractivity contribution in [3.8, 4) is 0 Å². The highest BCUT2D eigenvalue weighted by Gasteiger charge is 2.03. The van der Waals surface area contributed by atoms with Crippen LogP contribution in [0, 0.1) is 5.92 Å². The van der Waals surface area contributed by atoms with Crippen molar-refractivity contribution in [3.63, 3.8) is 0 Å². The van der Waals surface area contributed by atoms with Gasteiger partial charge in [0.05, 0.1) is 6.10 Å². The Morgan fingerprint density at radius 1 is 1.00 bits per heavy atom. The Kier molecular flexibility index (Phi) is 7.58. The minimum atomic E-state index is -0.0382. The highest BCUT2D eigenvalue weighted by Crippen LogP contribution is 2.11. The van der Waals surface area contributed by atoms with Crippen molar-refractivity contribution in [1.82, 2.24) is 0 Å². The second-order valence-corrected chi connectivity index (χ2v) is 4.12. The van der Waals surface area contributed by atoms with Crippen molar-refractivity contribution in [1.29, 1.82) is 0 Å². The molecule has 0 aliphatic rings. The molecular formula is C11H24O. The first-order valence-corrected chi connectivity index (χ1v) is 5.34. The SMILES string of the molecule is CCCC[C@H](O)CCCC(C)C. The summed E-state index contributed by atoms with van der Waals surface area (Å²) in [6.07, 6.45) is 6.76. The first-order valence-electron chi connectivity index (χ1n) is 5.34. The Balaban J connectivity index is 3.13. The molecule has 0 bridgehead atoms. The zero-order chi connectivity index (χ0) is 9.40. The van der Waals surface area contributed by atoms with E-state index in [0.29, 0.717) is 0 Å². The summed E-state index contributed by atoms with van der Waals surface area (Å²) < 4.78 is 0. The maximum Gasteiger partial charge on any atom is 0.0540 e. The quantitative estimate of drug-likeness (QED) is 0.624. The van der Waals surface area contributed by atoms with Crippen molar-refractivity contribution in [2.45, 2.75) is 65.4 Å². The number of aliphatic hydroxyl groups excluding tert-OH is 1. The Morgan fingerprint density at radius 2 is 1.58 bits per heavy atom. The lowest BCUT2D eigenvalue weighted by molar-refractivity contribution is 0.147. The van der Waals surface area contributed by atoms with Gasteiger partial charge in [-0.05, 0) is 18.8 Å². The van der Waals surface area contributed by atoms with E-state index in [1.165, 1.54) is 25.7 Å². The molecule has 0 aromatic rings. The molecule has 0 aromatic carbocycles. The number of rotatable bonds is 7. The van der Waals surface area contributed by atoms with Crippen molar-refractivity contribution in [2.75, 3.05) is 0 Å². The Hall–Kier alpha value is -0.0400. The molecular weight excluding hydrogens is 148 g/mol. The van der Waals surface area contributed by atoms with Crippen molar-refractivity contribution < 1.29 is 5.11 Å². The van der Waals surface area contributed by atoms with Crippen molar-refractivity contribution >= 4 is 0 Å². The van der Waals surface area contributed by atoms with Gasteiger partial charge in [-0.25, -0.2) is 0 Å². The van der Waals surface area contributed by atoms with Crippen LogP contribution in [0.3, 0.4) is 0 Å². The first kappa shape index (κ1) is 12.0. The lowest BCUT2D eigenvalue weighted by atomic mass is 10.0. The van der Waals surface area contributed by atoms with E-state index in [-0.39, 0.29) is 6.10 Å². The molecule has 1 N–H and O–H groups in total. The number of hydrogen-bond donors (Lipinski definition) is 1. The summed E-state index contributed by atoms with van der Waals surface area (Å²) in [5, 5.41) is 9.49. The molecule has 1 heteroatoms. The molecule has 0 saturated carbocycles. The van der Waals surface area contributed by atoms with Crippen molar-refractivity contribution in [2.24, 2.45) is 5.92 Å². The second-order valence-electron chi connectivity index (χ2n) is 4.12. The first-order chi connectivity index (χ1) is 5.66. The maximum absolute atomic E-state index is 9.49. The molecule has 0 aliphatic carbocycles. The third-order valence-corrected chi connectivity index (χ3v) is 2.21. The predicted octanol–water partition coefficient (Wildman–Crippen LogP) is 3.36. The molecule has 0 heterocycles. The highest BCUT2D eigenvalue weighted by atomic mass is 16.3. The minimum Gasteiger partial charge on any atom is -0.393 e. The molecule has 74 valence electrons. The lowest BCUT2D eigenvalue weighted by Crippen LogP contribution is -2.06. The molecule has 0 radical (unpaired) electrons. The summed E-state index contributed by atoms with van der Waals surface area (Å²) in [4.78, 5) is 0. The molecule has 0 aliphatic heterocycles. The molecule has 0 saturated heterocycles. The summed E-state index contributed by atoms with van der Waals surface area (Å²) in [6, 6.07) is 0. The Bertz CT molecular complexity index is 89.0. The van der Waals surface area contributed by atoms with Crippen LogP contribution >= 0.6 is 0 Å². The summed E-state index contributed by atoms with van der Waals surface area (Å²) >= 11 is 0. The van der Waals surface area contributed by atoms with E-state index in [1.807, 2.05) is 0 Å². The summed E-state index contributed by atoms with van der Waals surface area (Å²) in [6.45, 7) is 6.64. The molecule has 0 rings (SSSR count). The maximum atomic E-state index is 9.49. The van der Waals surface area contributed by atoms with Crippen LogP contribution in [0.15, 0.2) is 0 Å². The van der Waals surface area contributed by atoms with Gasteiger partial charge in [-0.15, -0.1) is 0 Å². The van der Waals surface area contributed by atoms with Crippen LogP contribution in [0.25, 0.3) is 0 Å². The van der Waals surface area contributed by atoms with Crippen LogP contribution in [-0.2, 0) is 0 Å². The van der Waals surface area contributed by atoms with Gasteiger partial charge in [0.25, 0.3) is 0 Å². The lowest BCUT2D eigenvalue weighted by Gasteiger charge is -2.10. The van der Waals surface area contributed by atoms with E-state index >= 15 is 0 Å². The van der Waals surface area contributed by atoms with Gasteiger partial charge < -0.3 is 5.11 Å². The van der Waals surface area contributed by atoms with E-state index < -0.39 is 0 Å². The summed E-state index contributed by atoms with van der Waals surface area (Å²) in [5.41, 5.74) is 0. The largest absolute Gasteiger partial charge is 0.393 e. The molecule has 1 nitrogen and oxygen atoms in total. The summed E-state index contributed by atoms with van der Waals surface area (Å²) in [5.74, 6) is 0.781. The average molecular weight is 172 g/mol. The highest BCUT2D eigenvalue weighted by molar-refractivity contribution is 4.56. The topological polar surface area (TPSA) is 20.2 Å². The van der Waals surface area contributed by atoms with Gasteiger partial charge in [-0.3, -0.25) is 0 Å². The van der Waals surface area contributed by atoms with Crippen LogP contribution in [0.2, 0.25) is 0 Å². The molecule has 0 aromatic heterocycles. The minimum absolute atomic E-state index is 0.0382. The van der Waals surface area contributed by atoms with Gasteiger partial charge in [0.15, 0.2) is 0 Å². The van der Waals surface area contributed by atoms with Crippen LogP contribution in [-0.4, -0.2) is 11.2 Å². The predicted molar refractivity (Wildman–Crippen MR) is 54.2 cm³/mol. The zero-order valence-corrected chi connectivity index (χ0v) is 8.84. The third-order valence-electron chi connectivity index (χ3n) is 2.21. The fourth-order valence-electron chi connectivity index (χ4n) is 1.35. The standard InChI is InChI=1S/C11H24O/c1-4-5-8-11(12)9-6-7-10(2)3/h10-12H,4-9H2,1-3H3/t11-/m0/s1. The van der Waals surface area contributed by atoms with Crippen LogP contribution in [0.4, 0.5) is 0 Å². The van der Waals surface area contributed by atoms with Crippen molar-refractivity contribution in [3.05, 3.63) is 0 Å². The second kappa shape index (κ2) is 7.60. The number of aliphatic hydroxyl groups is 1. The average Bonchev–Trinajstić information content (AvgIpc) is 2.00. The van der Waals surface area contributed by atoms with E-state index in [9.17, 15) is 5.11 Å². The summed E-state index contributed by atoms with van der Waals surface area (Å²) in [7, 11) is 0. The van der Waals surface area contributed by atoms with E-state index in [4.69, 9.17) is 0 Å². The number of hydrogen-bond acceptors (Lipinski definition) is 1. The Morgan fingerprint density at radius 3 is 2.08 bits per heavy atom. The third kappa shape index (κ3) is 8.06. The van der Waals surface area contributed by atoms with Gasteiger partial charge in [0.1, 0.15) is 0 Å². The fraction of sp³-hybridized carbons (Fsp3) is 1.00. The normalized spacial score (nSPS) is 13.8. The molecule has 0 amide bonds. The fourth-order valence-corrected chi connectivity index (χ4v) is 1.35. The van der Waals surface area contributed by atoms with Crippen LogP contribution < -0.4 is 0 Å². The van der Waals surface area contributed by atoms with E-state index in [0.717, 1.165) is 18.8 Å².